The van der Waals surface area contributed by atoms with E-state index in [1.165, 1.54) is 13.4 Å². The number of hydrogen-bond donors (Lipinski definition) is 2. The van der Waals surface area contributed by atoms with Gasteiger partial charge in [0.1, 0.15) is 12.2 Å². The Morgan fingerprint density at radius 2 is 2.19 bits per heavy atom. The maximum absolute atomic E-state index is 13.7. The van der Waals surface area contributed by atoms with Crippen molar-refractivity contribution < 1.29 is 17.5 Å². The topological polar surface area (TPSA) is 112 Å². The minimum Gasteiger partial charge on any atom is -0.492 e. The molecule has 0 fully saturated rings. The molecule has 0 amide bonds. The van der Waals surface area contributed by atoms with Crippen LogP contribution in [-0.2, 0) is 23.6 Å². The highest BCUT2D eigenvalue weighted by atomic mass is 32.2. The van der Waals surface area contributed by atoms with Gasteiger partial charge in [-0.2, -0.15) is 0 Å². The lowest BCUT2D eigenvalue weighted by Crippen LogP contribution is -2.25. The molecule has 114 valence electrons. The van der Waals surface area contributed by atoms with Crippen molar-refractivity contribution in [1.82, 2.24) is 19.5 Å². The van der Waals surface area contributed by atoms with Crippen LogP contribution in [0, 0.1) is 5.82 Å². The summed E-state index contributed by atoms with van der Waals surface area (Å²) >= 11 is 0. The molecule has 8 nitrogen and oxygen atoms in total. The number of nitrogen functional groups attached to an aromatic ring is 1. The molecule has 0 bridgehead atoms. The van der Waals surface area contributed by atoms with Gasteiger partial charge in [-0.25, -0.2) is 17.5 Å². The molecule has 2 aromatic rings. The average Bonchev–Trinajstić information content (AvgIpc) is 2.81. The van der Waals surface area contributed by atoms with Crippen LogP contribution in [0.25, 0.3) is 0 Å². The second-order valence-corrected chi connectivity index (χ2v) is 5.98. The minimum absolute atomic E-state index is 0.0770. The number of nitrogens with one attached hydrogen (secondary N) is 1. The summed E-state index contributed by atoms with van der Waals surface area (Å²) in [5.41, 5.74) is 5.46. The van der Waals surface area contributed by atoms with Gasteiger partial charge >= 0.3 is 0 Å². The van der Waals surface area contributed by atoms with Crippen molar-refractivity contribution in [1.29, 1.82) is 0 Å². The molecular weight excluding hydrogens is 301 g/mol. The van der Waals surface area contributed by atoms with E-state index in [0.29, 0.717) is 5.82 Å². The Hall–Kier alpha value is -2.20. The molecule has 0 spiro atoms. The Kier molecular flexibility index (Phi) is 4.09. The molecule has 0 aliphatic heterocycles. The van der Waals surface area contributed by atoms with Crippen molar-refractivity contribution in [2.45, 2.75) is 11.4 Å². The zero-order chi connectivity index (χ0) is 15.6. The van der Waals surface area contributed by atoms with E-state index in [0.717, 1.165) is 12.1 Å². The highest BCUT2D eigenvalue weighted by Gasteiger charge is 2.19. The van der Waals surface area contributed by atoms with Crippen LogP contribution in [0.1, 0.15) is 5.82 Å². The van der Waals surface area contributed by atoms with Crippen molar-refractivity contribution in [3.05, 3.63) is 30.1 Å². The Bertz CT molecular complexity index is 736. The Morgan fingerprint density at radius 3 is 2.71 bits per heavy atom. The summed E-state index contributed by atoms with van der Waals surface area (Å²) in [5, 5.41) is 7.37. The maximum Gasteiger partial charge on any atom is 0.241 e. The van der Waals surface area contributed by atoms with Crippen LogP contribution in [0.15, 0.2) is 23.4 Å². The summed E-state index contributed by atoms with van der Waals surface area (Å²) in [7, 11) is -1.01. The maximum atomic E-state index is 13.7. The van der Waals surface area contributed by atoms with Gasteiger partial charge in [0.2, 0.25) is 10.0 Å². The smallest absolute Gasteiger partial charge is 0.241 e. The summed E-state index contributed by atoms with van der Waals surface area (Å²) in [6, 6.07) is 1.97. The van der Waals surface area contributed by atoms with E-state index < -0.39 is 15.8 Å². The van der Waals surface area contributed by atoms with E-state index in [9.17, 15) is 12.8 Å². The van der Waals surface area contributed by atoms with E-state index in [2.05, 4.69) is 14.9 Å². The van der Waals surface area contributed by atoms with Gasteiger partial charge in [0.25, 0.3) is 0 Å². The van der Waals surface area contributed by atoms with Crippen LogP contribution in [-0.4, -0.2) is 30.3 Å². The van der Waals surface area contributed by atoms with Crippen molar-refractivity contribution in [2.24, 2.45) is 7.05 Å². The molecule has 0 unspecified atom stereocenters. The molecule has 0 radical (unpaired) electrons. The van der Waals surface area contributed by atoms with Crippen LogP contribution >= 0.6 is 0 Å². The molecule has 0 saturated carbocycles. The SMILES string of the molecule is COc1c(N)cc(S(=O)(=O)NCc2nncn2C)cc1F. The number of nitrogens with zero attached hydrogens (tertiary/aromatic N) is 3. The Labute approximate surface area is 120 Å². The lowest BCUT2D eigenvalue weighted by Gasteiger charge is -2.10. The summed E-state index contributed by atoms with van der Waals surface area (Å²) in [6.07, 6.45) is 1.44. The molecule has 1 heterocycles. The van der Waals surface area contributed by atoms with Crippen LogP contribution < -0.4 is 15.2 Å². The van der Waals surface area contributed by atoms with Gasteiger partial charge < -0.3 is 15.0 Å². The summed E-state index contributed by atoms with van der Waals surface area (Å²) in [4.78, 5) is -0.291. The third-order valence-corrected chi connectivity index (χ3v) is 4.17. The first-order chi connectivity index (χ1) is 9.85. The molecule has 0 atom stereocenters. The molecular formula is C11H14FN5O3S. The van der Waals surface area contributed by atoms with Crippen molar-refractivity contribution in [3.8, 4) is 5.75 Å². The van der Waals surface area contributed by atoms with Gasteiger partial charge in [-0.1, -0.05) is 0 Å². The van der Waals surface area contributed by atoms with Gasteiger partial charge in [-0.3, -0.25) is 0 Å². The van der Waals surface area contributed by atoms with Gasteiger partial charge in [-0.05, 0) is 12.1 Å². The lowest BCUT2D eigenvalue weighted by atomic mass is 10.3. The van der Waals surface area contributed by atoms with Crippen LogP contribution in [0.2, 0.25) is 0 Å². The molecule has 0 saturated heterocycles. The second-order valence-electron chi connectivity index (χ2n) is 4.21. The standard InChI is InChI=1S/C11H14FN5O3S/c1-17-6-14-16-10(17)5-15-21(18,19)7-3-8(12)11(20-2)9(13)4-7/h3-4,6,15H,5,13H2,1-2H3. The second kappa shape index (κ2) is 5.66. The first-order valence-corrected chi connectivity index (χ1v) is 7.29. The molecule has 10 heteroatoms. The number of sulfonamides is 1. The largest absolute Gasteiger partial charge is 0.492 e. The fraction of sp³-hybridized carbons (Fsp3) is 0.273. The third kappa shape index (κ3) is 3.11. The fourth-order valence-corrected chi connectivity index (χ4v) is 2.70. The minimum atomic E-state index is -3.93. The molecule has 0 aliphatic carbocycles. The van der Waals surface area contributed by atoms with Gasteiger partial charge in [0.15, 0.2) is 11.6 Å². The highest BCUT2D eigenvalue weighted by Crippen LogP contribution is 2.28. The number of hydrogen-bond acceptors (Lipinski definition) is 6. The van der Waals surface area contributed by atoms with E-state index in [1.54, 1.807) is 11.6 Å². The number of halogens is 1. The predicted octanol–water partition coefficient (Wildman–Crippen LogP) is 0.0235. The molecule has 3 N–H and O–H groups in total. The number of aromatic nitrogens is 3. The van der Waals surface area contributed by atoms with E-state index >= 15 is 0 Å². The number of anilines is 1. The number of ether oxygens (including phenoxy) is 1. The van der Waals surface area contributed by atoms with Crippen LogP contribution in [0.5, 0.6) is 5.75 Å². The monoisotopic (exact) mass is 315 g/mol. The van der Waals surface area contributed by atoms with E-state index in [-0.39, 0.29) is 22.9 Å². The number of rotatable bonds is 5. The zero-order valence-corrected chi connectivity index (χ0v) is 12.2. The number of aryl methyl sites for hydroxylation is 1. The first-order valence-electron chi connectivity index (χ1n) is 5.80. The number of nitrogens with two attached hydrogens (primary N) is 1. The quantitative estimate of drug-likeness (QED) is 0.752. The number of benzene rings is 1. The van der Waals surface area contributed by atoms with Gasteiger partial charge in [0, 0.05) is 7.05 Å². The van der Waals surface area contributed by atoms with Crippen molar-refractivity contribution >= 4 is 15.7 Å². The van der Waals surface area contributed by atoms with Crippen LogP contribution in [0.3, 0.4) is 0 Å². The van der Waals surface area contributed by atoms with Crippen molar-refractivity contribution in [2.75, 3.05) is 12.8 Å². The molecule has 1 aromatic heterocycles. The molecule has 21 heavy (non-hydrogen) atoms. The lowest BCUT2D eigenvalue weighted by molar-refractivity contribution is 0.388. The molecule has 1 aromatic carbocycles. The Balaban J connectivity index is 2.26. The van der Waals surface area contributed by atoms with Crippen molar-refractivity contribution in [3.63, 3.8) is 0 Å². The number of methoxy groups -OCH3 is 1. The van der Waals surface area contributed by atoms with Gasteiger partial charge in [-0.15, -0.1) is 10.2 Å². The summed E-state index contributed by atoms with van der Waals surface area (Å²) in [6.45, 7) is -0.0770. The molecule has 2 rings (SSSR count). The van der Waals surface area contributed by atoms with E-state index in [4.69, 9.17) is 10.5 Å². The van der Waals surface area contributed by atoms with E-state index in [1.807, 2.05) is 0 Å². The van der Waals surface area contributed by atoms with Crippen LogP contribution in [0.4, 0.5) is 10.1 Å². The summed E-state index contributed by atoms with van der Waals surface area (Å²) < 4.78 is 46.5. The molecule has 0 aliphatic rings. The highest BCUT2D eigenvalue weighted by molar-refractivity contribution is 7.89. The third-order valence-electron chi connectivity index (χ3n) is 2.79. The Morgan fingerprint density at radius 1 is 1.48 bits per heavy atom. The van der Waals surface area contributed by atoms with Gasteiger partial charge in [0.05, 0.1) is 24.2 Å². The predicted molar refractivity (Wildman–Crippen MR) is 72.4 cm³/mol. The first kappa shape index (κ1) is 15.2. The fourth-order valence-electron chi connectivity index (χ4n) is 1.67. The normalized spacial score (nSPS) is 11.6. The summed E-state index contributed by atoms with van der Waals surface area (Å²) in [5.74, 6) is -0.626. The average molecular weight is 315 g/mol. The zero-order valence-electron chi connectivity index (χ0n) is 11.4.